The second-order valence-corrected chi connectivity index (χ2v) is 19.9. The van der Waals surface area contributed by atoms with Crippen molar-refractivity contribution in [1.29, 1.82) is 0 Å². The van der Waals surface area contributed by atoms with Gasteiger partial charge in [0, 0.05) is 56.4 Å². The van der Waals surface area contributed by atoms with Crippen molar-refractivity contribution in [3.8, 4) is 28.7 Å². The second-order valence-electron chi connectivity index (χ2n) is 19.9. The van der Waals surface area contributed by atoms with Crippen LogP contribution < -0.4 is 23.7 Å². The van der Waals surface area contributed by atoms with E-state index < -0.39 is 29.5 Å². The highest BCUT2D eigenvalue weighted by atomic mass is 16.6. The van der Waals surface area contributed by atoms with E-state index in [2.05, 4.69) is 58.9 Å². The van der Waals surface area contributed by atoms with Gasteiger partial charge in [0.25, 0.3) is 0 Å². The Labute approximate surface area is 460 Å². The van der Waals surface area contributed by atoms with Gasteiger partial charge in [0.1, 0.15) is 39.9 Å². The van der Waals surface area contributed by atoms with Gasteiger partial charge in [0.05, 0.1) is 0 Å². The van der Waals surface area contributed by atoms with E-state index in [4.69, 9.17) is 33.2 Å². The van der Waals surface area contributed by atoms with Crippen LogP contribution in [0.2, 0.25) is 0 Å². The van der Waals surface area contributed by atoms with E-state index in [0.29, 0.717) is 56.9 Å². The van der Waals surface area contributed by atoms with Crippen LogP contribution in [0, 0.1) is 17.8 Å². The SMILES string of the molecule is C=C(C)C(=O)OC(C)(C)C1CC2CCC1C2.C=C(C)C(=O)OC1(c2ccccc2)CCCCC1.C=C(C)C(=O)Oc1ccc(OC(C)=O)cc1.C=Cc1cc(OC(C)=O)cc(OC(C)=O)c1.C=Cc1ccc(OC(C)=O)cc1. The first-order valence-corrected chi connectivity index (χ1v) is 25.8. The van der Waals surface area contributed by atoms with Crippen LogP contribution in [0.15, 0.2) is 147 Å². The lowest BCUT2D eigenvalue weighted by Gasteiger charge is -2.37. The minimum atomic E-state index is -0.486. The average Bonchev–Trinajstić information content (AvgIpc) is 4.09. The molecule has 4 aromatic carbocycles. The predicted octanol–water partition coefficient (Wildman–Crippen LogP) is 13.8. The fourth-order valence-electron chi connectivity index (χ4n) is 9.01. The van der Waals surface area contributed by atoms with Crippen molar-refractivity contribution in [3.05, 3.63) is 163 Å². The Hall–Kier alpha value is -8.13. The van der Waals surface area contributed by atoms with Gasteiger partial charge in [-0.25, -0.2) is 14.4 Å². The van der Waals surface area contributed by atoms with Crippen molar-refractivity contribution in [2.75, 3.05) is 0 Å². The Morgan fingerprint density at radius 1 is 0.500 bits per heavy atom. The lowest BCUT2D eigenvalue weighted by atomic mass is 9.78. The minimum Gasteiger partial charge on any atom is -0.456 e. The summed E-state index contributed by atoms with van der Waals surface area (Å²) in [6.45, 7) is 32.3. The van der Waals surface area contributed by atoms with Crippen LogP contribution >= 0.6 is 0 Å². The summed E-state index contributed by atoms with van der Waals surface area (Å²) in [5, 5.41) is 0. The van der Waals surface area contributed by atoms with E-state index >= 15 is 0 Å². The Bertz CT molecular complexity index is 2730. The van der Waals surface area contributed by atoms with Gasteiger partial charge in [-0.3, -0.25) is 19.2 Å². The Morgan fingerprint density at radius 2 is 0.936 bits per heavy atom. The topological polar surface area (TPSA) is 184 Å². The van der Waals surface area contributed by atoms with Gasteiger partial charge in [-0.2, -0.15) is 0 Å². The molecule has 78 heavy (non-hydrogen) atoms. The van der Waals surface area contributed by atoms with Crippen LogP contribution in [0.5, 0.6) is 28.7 Å². The molecular weight excluding hydrogens is 993 g/mol. The average molecular weight is 1070 g/mol. The second kappa shape index (κ2) is 31.2. The summed E-state index contributed by atoms with van der Waals surface area (Å²) >= 11 is 0. The van der Waals surface area contributed by atoms with E-state index in [9.17, 15) is 33.6 Å². The van der Waals surface area contributed by atoms with Crippen LogP contribution in [0.1, 0.15) is 137 Å². The molecular formula is C64H76O14. The van der Waals surface area contributed by atoms with Crippen molar-refractivity contribution < 1.29 is 66.7 Å². The molecule has 3 saturated carbocycles. The number of carbonyl (C=O) groups is 7. The summed E-state index contributed by atoms with van der Waals surface area (Å²) in [4.78, 5) is 77.4. The van der Waals surface area contributed by atoms with Crippen LogP contribution in [0.3, 0.4) is 0 Å². The molecule has 0 spiro atoms. The van der Waals surface area contributed by atoms with Crippen LogP contribution in [-0.2, 0) is 48.6 Å². The van der Waals surface area contributed by atoms with Gasteiger partial charge in [0.2, 0.25) is 0 Å². The molecule has 0 aliphatic heterocycles. The molecule has 0 aromatic heterocycles. The van der Waals surface area contributed by atoms with Crippen molar-refractivity contribution in [3.63, 3.8) is 0 Å². The number of hydrogen-bond acceptors (Lipinski definition) is 14. The van der Waals surface area contributed by atoms with Gasteiger partial charge in [-0.15, -0.1) is 0 Å². The number of rotatable bonds is 14. The number of benzene rings is 4. The zero-order valence-electron chi connectivity index (χ0n) is 46.7. The smallest absolute Gasteiger partial charge is 0.338 e. The lowest BCUT2D eigenvalue weighted by molar-refractivity contribution is -0.160. The van der Waals surface area contributed by atoms with Gasteiger partial charge in [-0.05, 0) is 157 Å². The Morgan fingerprint density at radius 3 is 1.33 bits per heavy atom. The van der Waals surface area contributed by atoms with Gasteiger partial charge < -0.3 is 33.2 Å². The van der Waals surface area contributed by atoms with Crippen molar-refractivity contribution in [2.45, 2.75) is 131 Å². The summed E-state index contributed by atoms with van der Waals surface area (Å²) in [5.74, 6) is 1.62. The number of esters is 7. The quantitative estimate of drug-likeness (QED) is 0.0660. The molecule has 3 fully saturated rings. The molecule has 3 atom stereocenters. The highest BCUT2D eigenvalue weighted by Gasteiger charge is 2.48. The third kappa shape index (κ3) is 22.2. The number of hydrogen-bond donors (Lipinski definition) is 0. The fourth-order valence-corrected chi connectivity index (χ4v) is 9.01. The largest absolute Gasteiger partial charge is 0.456 e. The van der Waals surface area contributed by atoms with Crippen molar-refractivity contribution in [1.82, 2.24) is 0 Å². The van der Waals surface area contributed by atoms with Gasteiger partial charge >= 0.3 is 41.8 Å². The van der Waals surface area contributed by atoms with Crippen LogP contribution in [0.4, 0.5) is 0 Å². The molecule has 0 heterocycles. The summed E-state index contributed by atoms with van der Waals surface area (Å²) < 4.78 is 35.8. The first-order valence-electron chi connectivity index (χ1n) is 25.8. The molecule has 0 radical (unpaired) electrons. The van der Waals surface area contributed by atoms with Crippen LogP contribution in [-0.4, -0.2) is 47.4 Å². The molecule has 0 saturated heterocycles. The van der Waals surface area contributed by atoms with E-state index in [-0.39, 0.29) is 23.5 Å². The number of ether oxygens (including phenoxy) is 7. The first-order chi connectivity index (χ1) is 36.8. The molecule has 7 rings (SSSR count). The maximum absolute atomic E-state index is 11.9. The molecule has 0 amide bonds. The third-order valence-electron chi connectivity index (χ3n) is 12.6. The normalized spacial score (nSPS) is 16.1. The van der Waals surface area contributed by atoms with E-state index in [1.54, 1.807) is 81.5 Å². The summed E-state index contributed by atoms with van der Waals surface area (Å²) in [7, 11) is 0. The standard InChI is InChI=1S/C16H20O2.C14H22O2.2C12H12O4.C10H10O2/c1-13(2)15(17)18-16(11-7-4-8-12-16)14-9-5-3-6-10-14;1-9(2)13(15)16-14(3,4)12-8-10-5-6-11(12)7-10;1-8(2)12(14)16-11-6-4-10(5-7-11)15-9(3)13;1-4-10-5-11(15-8(2)13)7-12(6-10)16-9(3)14;1-3-9-4-6-10(7-5-9)12-8(2)11/h3,5-6,9-10H,1,4,7-8,11-12H2,2H3;10-12H,1,5-8H2,2-4H3;2*4-7H,1H2,2-3H3;3-7H,1H2,2H3. The van der Waals surface area contributed by atoms with Crippen LogP contribution in [0.25, 0.3) is 12.2 Å². The third-order valence-corrected chi connectivity index (χ3v) is 12.6. The zero-order chi connectivity index (χ0) is 58.2. The number of fused-ring (bicyclic) bond motifs is 2. The summed E-state index contributed by atoms with van der Waals surface area (Å²) in [5.41, 5.74) is 3.35. The summed E-state index contributed by atoms with van der Waals surface area (Å²) in [6.07, 6.45) is 13.9. The predicted molar refractivity (Wildman–Crippen MR) is 301 cm³/mol. The van der Waals surface area contributed by atoms with Crippen molar-refractivity contribution >= 4 is 53.9 Å². The molecule has 2 bridgehead atoms. The molecule has 3 aliphatic rings. The number of carbonyl (C=O) groups excluding carboxylic acids is 7. The zero-order valence-corrected chi connectivity index (χ0v) is 46.7. The Balaban J connectivity index is 0.000000258. The molecule has 3 unspecified atom stereocenters. The minimum absolute atomic E-state index is 0.243. The lowest BCUT2D eigenvalue weighted by Crippen LogP contribution is -2.39. The molecule has 0 N–H and O–H groups in total. The highest BCUT2D eigenvalue weighted by molar-refractivity contribution is 5.89. The molecule has 3 aliphatic carbocycles. The molecule has 14 heteroatoms. The fraction of sp³-hybridized carbons (Fsp3) is 0.359. The highest BCUT2D eigenvalue weighted by Crippen LogP contribution is 2.53. The van der Waals surface area contributed by atoms with E-state index in [1.807, 2.05) is 30.3 Å². The summed E-state index contributed by atoms with van der Waals surface area (Å²) in [6, 6.07) is 28.1. The van der Waals surface area contributed by atoms with Gasteiger partial charge in [-0.1, -0.05) is 100 Å². The first kappa shape index (κ1) is 64.2. The molecule has 416 valence electrons. The Kier molecular flexibility index (Phi) is 25.6. The maximum Gasteiger partial charge on any atom is 0.338 e. The van der Waals surface area contributed by atoms with Crippen molar-refractivity contribution in [2.24, 2.45) is 17.8 Å². The molecule has 14 nitrogen and oxygen atoms in total. The van der Waals surface area contributed by atoms with E-state index in [0.717, 1.165) is 48.6 Å². The monoisotopic (exact) mass is 1070 g/mol. The van der Waals surface area contributed by atoms with E-state index in [1.165, 1.54) is 65.9 Å². The van der Waals surface area contributed by atoms with Gasteiger partial charge in [0.15, 0.2) is 0 Å². The maximum atomic E-state index is 11.9. The molecule has 4 aromatic rings.